The van der Waals surface area contributed by atoms with Crippen LogP contribution in [0.15, 0.2) is 0 Å². The fourth-order valence-electron chi connectivity index (χ4n) is 3.46. The summed E-state index contributed by atoms with van der Waals surface area (Å²) < 4.78 is 0. The molecule has 0 unspecified atom stereocenters. The third kappa shape index (κ3) is 3.21. The molecule has 2 fully saturated rings. The number of hydrogen-bond acceptors (Lipinski definition) is 2. The molecule has 0 bridgehead atoms. The van der Waals surface area contributed by atoms with Crippen LogP contribution in [0, 0.1) is 0 Å². The molecule has 0 aromatic rings. The van der Waals surface area contributed by atoms with Crippen molar-refractivity contribution in [1.29, 1.82) is 0 Å². The van der Waals surface area contributed by atoms with Crippen molar-refractivity contribution in [2.75, 3.05) is 6.54 Å². The minimum Gasteiger partial charge on any atom is -0.255 e. The van der Waals surface area contributed by atoms with E-state index in [1.165, 1.54) is 64.2 Å². The molecular weight excluding hydrogens is 196 g/mol. The zero-order valence-corrected chi connectivity index (χ0v) is 10.9. The van der Waals surface area contributed by atoms with E-state index in [4.69, 9.17) is 0 Å². The summed E-state index contributed by atoms with van der Waals surface area (Å²) in [4.78, 5) is 0. The monoisotopic (exact) mass is 224 g/mol. The lowest BCUT2D eigenvalue weighted by atomic mass is 9.90. The van der Waals surface area contributed by atoms with E-state index in [9.17, 15) is 0 Å². The summed E-state index contributed by atoms with van der Waals surface area (Å²) >= 11 is 0. The third-order valence-electron chi connectivity index (χ3n) is 4.28. The molecule has 0 amide bonds. The van der Waals surface area contributed by atoms with Crippen molar-refractivity contribution in [2.45, 2.75) is 83.2 Å². The van der Waals surface area contributed by atoms with Crippen LogP contribution in [0.5, 0.6) is 0 Å². The molecule has 0 atom stereocenters. The second-order valence-electron chi connectivity index (χ2n) is 5.50. The second kappa shape index (κ2) is 6.61. The van der Waals surface area contributed by atoms with E-state index in [0.29, 0.717) is 0 Å². The van der Waals surface area contributed by atoms with Crippen LogP contribution >= 0.6 is 0 Å². The lowest BCUT2D eigenvalue weighted by molar-refractivity contribution is 0.0312. The first-order valence-corrected chi connectivity index (χ1v) is 7.43. The molecule has 2 nitrogen and oxygen atoms in total. The molecule has 0 aromatic carbocycles. The molecule has 0 radical (unpaired) electrons. The minimum absolute atomic E-state index is 0.830. The van der Waals surface area contributed by atoms with Crippen LogP contribution in [0.3, 0.4) is 0 Å². The molecule has 16 heavy (non-hydrogen) atoms. The Morgan fingerprint density at radius 1 is 0.812 bits per heavy atom. The number of nitrogens with one attached hydrogen (secondary N) is 1. The summed E-state index contributed by atoms with van der Waals surface area (Å²) in [6, 6.07) is 1.66. The molecule has 2 aliphatic rings. The number of hydrazine groups is 1. The molecule has 2 aliphatic carbocycles. The van der Waals surface area contributed by atoms with Gasteiger partial charge in [0.2, 0.25) is 0 Å². The number of nitrogens with zero attached hydrogens (tertiary/aromatic N) is 1. The van der Waals surface area contributed by atoms with Crippen molar-refractivity contribution in [3.63, 3.8) is 0 Å². The van der Waals surface area contributed by atoms with E-state index in [0.717, 1.165) is 18.6 Å². The molecule has 0 heterocycles. The maximum absolute atomic E-state index is 3.66. The van der Waals surface area contributed by atoms with Gasteiger partial charge in [-0.3, -0.25) is 5.43 Å². The Morgan fingerprint density at radius 2 is 1.25 bits per heavy atom. The van der Waals surface area contributed by atoms with Gasteiger partial charge in [0.25, 0.3) is 0 Å². The lowest BCUT2D eigenvalue weighted by Crippen LogP contribution is -2.52. The summed E-state index contributed by atoms with van der Waals surface area (Å²) in [5, 5.41) is 2.65. The van der Waals surface area contributed by atoms with E-state index >= 15 is 0 Å². The molecule has 2 rings (SSSR count). The molecule has 94 valence electrons. The smallest absolute Gasteiger partial charge is 0.0246 e. The van der Waals surface area contributed by atoms with Gasteiger partial charge in [0.1, 0.15) is 0 Å². The van der Waals surface area contributed by atoms with Gasteiger partial charge < -0.3 is 0 Å². The number of rotatable bonds is 4. The Labute approximate surface area is 101 Å². The first-order valence-electron chi connectivity index (χ1n) is 7.43. The Kier molecular flexibility index (Phi) is 5.11. The summed E-state index contributed by atoms with van der Waals surface area (Å²) in [7, 11) is 0. The molecule has 2 heteroatoms. The first-order chi connectivity index (χ1) is 7.92. The van der Waals surface area contributed by atoms with Crippen LogP contribution in [0.1, 0.15) is 71.1 Å². The van der Waals surface area contributed by atoms with E-state index in [1.54, 1.807) is 0 Å². The number of hydrogen-bond donors (Lipinski definition) is 1. The molecule has 0 spiro atoms. The predicted molar refractivity (Wildman–Crippen MR) is 69.3 cm³/mol. The van der Waals surface area contributed by atoms with Crippen molar-refractivity contribution in [1.82, 2.24) is 10.4 Å². The Bertz CT molecular complexity index is 163. The van der Waals surface area contributed by atoms with Crippen LogP contribution in [0.25, 0.3) is 0 Å². The largest absolute Gasteiger partial charge is 0.255 e. The van der Waals surface area contributed by atoms with E-state index in [1.807, 2.05) is 0 Å². The molecule has 0 saturated heterocycles. The van der Waals surface area contributed by atoms with Crippen LogP contribution in [-0.4, -0.2) is 23.6 Å². The highest BCUT2D eigenvalue weighted by atomic mass is 15.5. The predicted octanol–water partition coefficient (Wildman–Crippen LogP) is 3.48. The lowest BCUT2D eigenvalue weighted by Gasteiger charge is -2.41. The average molecular weight is 224 g/mol. The van der Waals surface area contributed by atoms with Gasteiger partial charge in [0.05, 0.1) is 0 Å². The van der Waals surface area contributed by atoms with Gasteiger partial charge in [-0.1, -0.05) is 45.4 Å². The highest BCUT2D eigenvalue weighted by Gasteiger charge is 2.28. The first kappa shape index (κ1) is 12.4. The Morgan fingerprint density at radius 3 is 1.62 bits per heavy atom. The third-order valence-corrected chi connectivity index (χ3v) is 4.28. The van der Waals surface area contributed by atoms with Crippen molar-refractivity contribution >= 4 is 0 Å². The van der Waals surface area contributed by atoms with Crippen LogP contribution in [0.4, 0.5) is 0 Å². The summed E-state index contributed by atoms with van der Waals surface area (Å²) in [6.07, 6.45) is 14.4. The summed E-state index contributed by atoms with van der Waals surface area (Å²) in [6.45, 7) is 3.33. The van der Waals surface area contributed by atoms with Gasteiger partial charge in [-0.15, -0.1) is 0 Å². The van der Waals surface area contributed by atoms with Gasteiger partial charge in [0, 0.05) is 18.6 Å². The maximum Gasteiger partial charge on any atom is 0.0246 e. The quantitative estimate of drug-likeness (QED) is 0.736. The Balaban J connectivity index is 1.91. The van der Waals surface area contributed by atoms with Crippen molar-refractivity contribution in [2.24, 2.45) is 0 Å². The van der Waals surface area contributed by atoms with Crippen LogP contribution < -0.4 is 5.43 Å². The highest BCUT2D eigenvalue weighted by molar-refractivity contribution is 4.81. The van der Waals surface area contributed by atoms with E-state index < -0.39 is 0 Å². The summed E-state index contributed by atoms with van der Waals surface area (Å²) in [5.41, 5.74) is 3.66. The topological polar surface area (TPSA) is 15.3 Å². The van der Waals surface area contributed by atoms with Crippen LogP contribution in [-0.2, 0) is 0 Å². The van der Waals surface area contributed by atoms with E-state index in [-0.39, 0.29) is 0 Å². The molecule has 0 aliphatic heterocycles. The molecule has 1 N–H and O–H groups in total. The zero-order chi connectivity index (χ0) is 11.2. The van der Waals surface area contributed by atoms with Gasteiger partial charge in [-0.05, 0) is 25.7 Å². The minimum atomic E-state index is 0.830. The van der Waals surface area contributed by atoms with Crippen LogP contribution in [0.2, 0.25) is 0 Å². The standard InChI is InChI=1S/C14H28N2/c1-2-15-16(13-9-5-3-6-10-13)14-11-7-4-8-12-14/h13-15H,2-12H2,1H3. The van der Waals surface area contributed by atoms with Crippen molar-refractivity contribution in [3.8, 4) is 0 Å². The van der Waals surface area contributed by atoms with Crippen molar-refractivity contribution < 1.29 is 0 Å². The maximum atomic E-state index is 3.66. The van der Waals surface area contributed by atoms with Gasteiger partial charge in [-0.25, -0.2) is 5.01 Å². The zero-order valence-electron chi connectivity index (χ0n) is 10.9. The molecule has 2 saturated carbocycles. The summed E-state index contributed by atoms with van der Waals surface area (Å²) in [5.74, 6) is 0. The van der Waals surface area contributed by atoms with Gasteiger partial charge in [0.15, 0.2) is 0 Å². The van der Waals surface area contributed by atoms with E-state index in [2.05, 4.69) is 17.4 Å². The average Bonchev–Trinajstić information content (AvgIpc) is 2.38. The van der Waals surface area contributed by atoms with Gasteiger partial charge >= 0.3 is 0 Å². The normalized spacial score (nSPS) is 25.1. The van der Waals surface area contributed by atoms with Crippen molar-refractivity contribution in [3.05, 3.63) is 0 Å². The fourth-order valence-corrected chi connectivity index (χ4v) is 3.46. The second-order valence-corrected chi connectivity index (χ2v) is 5.50. The molecule has 0 aromatic heterocycles. The molecular formula is C14H28N2. The highest BCUT2D eigenvalue weighted by Crippen LogP contribution is 2.28. The fraction of sp³-hybridized carbons (Fsp3) is 1.00. The SMILES string of the molecule is CCNN(C1CCCCC1)C1CCCCC1. The van der Waals surface area contributed by atoms with Gasteiger partial charge in [-0.2, -0.15) is 0 Å². The Hall–Kier alpha value is -0.0800.